The van der Waals surface area contributed by atoms with Gasteiger partial charge in [0.2, 0.25) is 0 Å². The molecule has 31 heavy (non-hydrogen) atoms. The van der Waals surface area contributed by atoms with Crippen molar-refractivity contribution in [3.63, 3.8) is 0 Å². The van der Waals surface area contributed by atoms with Gasteiger partial charge < -0.3 is 4.57 Å². The van der Waals surface area contributed by atoms with Crippen LogP contribution in [0.1, 0.15) is 24.0 Å². The molecule has 0 amide bonds. The summed E-state index contributed by atoms with van der Waals surface area (Å²) in [6, 6.07) is 41.7. The third kappa shape index (κ3) is 2.85. The summed E-state index contributed by atoms with van der Waals surface area (Å²) in [5.41, 5.74) is 6.41. The highest BCUT2D eigenvalue weighted by Gasteiger charge is 2.14. The smallest absolute Gasteiger partial charge is 0.0541 e. The molecule has 1 heterocycles. The van der Waals surface area contributed by atoms with Gasteiger partial charge in [0.15, 0.2) is 0 Å². The first kappa shape index (κ1) is 18.0. The fraction of sp³-hybridized carbons (Fsp3) is 0.0667. The van der Waals surface area contributed by atoms with E-state index in [4.69, 9.17) is 0 Å². The van der Waals surface area contributed by atoms with Crippen LogP contribution in [0.4, 0.5) is 0 Å². The van der Waals surface area contributed by atoms with E-state index in [2.05, 4.69) is 127 Å². The number of benzene rings is 5. The largest absolute Gasteiger partial charge is 0.309 e. The van der Waals surface area contributed by atoms with E-state index in [1.165, 1.54) is 49.4 Å². The van der Waals surface area contributed by atoms with Gasteiger partial charge in [0.1, 0.15) is 0 Å². The summed E-state index contributed by atoms with van der Waals surface area (Å²) in [6.45, 7) is 2.30. The number of nitrogens with zero attached hydrogens (tertiary/aromatic N) is 1. The maximum Gasteiger partial charge on any atom is 0.0541 e. The molecule has 0 fully saturated rings. The van der Waals surface area contributed by atoms with E-state index in [1.54, 1.807) is 0 Å². The Kier molecular flexibility index (Phi) is 4.14. The molecular formula is C30H23N. The normalized spacial score (nSPS) is 12.5. The van der Waals surface area contributed by atoms with Crippen molar-refractivity contribution in [2.24, 2.45) is 0 Å². The molecular weight excluding hydrogens is 374 g/mol. The molecule has 1 nitrogen and oxygen atoms in total. The van der Waals surface area contributed by atoms with Gasteiger partial charge in [0.25, 0.3) is 0 Å². The lowest BCUT2D eigenvalue weighted by atomic mass is 9.89. The molecule has 0 unspecified atom stereocenters. The average molecular weight is 398 g/mol. The predicted molar refractivity (Wildman–Crippen MR) is 132 cm³/mol. The Balaban J connectivity index is 1.46. The van der Waals surface area contributed by atoms with E-state index < -0.39 is 0 Å². The van der Waals surface area contributed by atoms with Crippen LogP contribution in [0, 0.1) is 0 Å². The molecule has 148 valence electrons. The molecule has 0 aliphatic rings. The number of rotatable bonds is 3. The van der Waals surface area contributed by atoms with E-state index >= 15 is 0 Å². The molecule has 1 atom stereocenters. The monoisotopic (exact) mass is 397 g/mol. The molecule has 0 bridgehead atoms. The van der Waals surface area contributed by atoms with Gasteiger partial charge in [-0.15, -0.1) is 0 Å². The van der Waals surface area contributed by atoms with Gasteiger partial charge in [-0.2, -0.15) is 0 Å². The lowest BCUT2D eigenvalue weighted by Gasteiger charge is -2.16. The minimum absolute atomic E-state index is 0.332. The maximum atomic E-state index is 2.37. The van der Waals surface area contributed by atoms with Gasteiger partial charge in [-0.3, -0.25) is 0 Å². The zero-order valence-corrected chi connectivity index (χ0v) is 17.5. The van der Waals surface area contributed by atoms with Crippen LogP contribution in [0.15, 0.2) is 115 Å². The van der Waals surface area contributed by atoms with Crippen molar-refractivity contribution in [2.75, 3.05) is 0 Å². The van der Waals surface area contributed by atoms with Crippen molar-refractivity contribution in [2.45, 2.75) is 12.8 Å². The van der Waals surface area contributed by atoms with E-state index in [9.17, 15) is 0 Å². The molecule has 0 N–H and O–H groups in total. The third-order valence-corrected chi connectivity index (χ3v) is 6.52. The quantitative estimate of drug-likeness (QED) is 0.284. The summed E-state index contributed by atoms with van der Waals surface area (Å²) in [7, 11) is 0. The maximum absolute atomic E-state index is 2.37. The summed E-state index contributed by atoms with van der Waals surface area (Å²) in [6.07, 6.45) is 0. The average Bonchev–Trinajstić information content (AvgIpc) is 3.18. The minimum Gasteiger partial charge on any atom is -0.309 e. The van der Waals surface area contributed by atoms with Crippen molar-refractivity contribution in [1.82, 2.24) is 4.57 Å². The second-order valence-electron chi connectivity index (χ2n) is 8.25. The molecule has 0 aliphatic heterocycles. The van der Waals surface area contributed by atoms with Crippen LogP contribution in [0.2, 0.25) is 0 Å². The van der Waals surface area contributed by atoms with Crippen LogP contribution in [0.25, 0.3) is 38.3 Å². The molecule has 0 saturated carbocycles. The van der Waals surface area contributed by atoms with E-state index in [-0.39, 0.29) is 0 Å². The molecule has 6 aromatic rings. The topological polar surface area (TPSA) is 4.93 Å². The third-order valence-electron chi connectivity index (χ3n) is 6.52. The molecule has 0 radical (unpaired) electrons. The molecule has 0 aliphatic carbocycles. The van der Waals surface area contributed by atoms with Crippen molar-refractivity contribution < 1.29 is 0 Å². The Labute approximate surface area is 182 Å². The summed E-state index contributed by atoms with van der Waals surface area (Å²) in [5, 5.41) is 5.23. The number of hydrogen-bond acceptors (Lipinski definition) is 0. The summed E-state index contributed by atoms with van der Waals surface area (Å²) >= 11 is 0. The van der Waals surface area contributed by atoms with Crippen molar-refractivity contribution in [3.8, 4) is 5.69 Å². The molecule has 5 aromatic carbocycles. The van der Waals surface area contributed by atoms with Crippen molar-refractivity contribution in [1.29, 1.82) is 0 Å². The highest BCUT2D eigenvalue weighted by molar-refractivity contribution is 6.09. The summed E-state index contributed by atoms with van der Waals surface area (Å²) in [4.78, 5) is 0. The van der Waals surface area contributed by atoms with Crippen LogP contribution in [0.5, 0.6) is 0 Å². The van der Waals surface area contributed by atoms with Gasteiger partial charge in [-0.1, -0.05) is 97.9 Å². The minimum atomic E-state index is 0.332. The van der Waals surface area contributed by atoms with Gasteiger partial charge in [-0.25, -0.2) is 0 Å². The van der Waals surface area contributed by atoms with Gasteiger partial charge in [0, 0.05) is 22.4 Å². The van der Waals surface area contributed by atoms with Gasteiger partial charge in [0.05, 0.1) is 11.0 Å². The zero-order valence-electron chi connectivity index (χ0n) is 17.5. The molecule has 1 heteroatoms. The lowest BCUT2D eigenvalue weighted by molar-refractivity contribution is 0.931. The van der Waals surface area contributed by atoms with E-state index in [0.29, 0.717) is 5.92 Å². The zero-order chi connectivity index (χ0) is 20.8. The Morgan fingerprint density at radius 2 is 1.06 bits per heavy atom. The summed E-state index contributed by atoms with van der Waals surface area (Å²) in [5.74, 6) is 0.332. The Hall–Kier alpha value is -3.84. The number of para-hydroxylation sites is 2. The first-order chi connectivity index (χ1) is 15.3. The van der Waals surface area contributed by atoms with Gasteiger partial charge >= 0.3 is 0 Å². The van der Waals surface area contributed by atoms with Crippen molar-refractivity contribution in [3.05, 3.63) is 126 Å². The van der Waals surface area contributed by atoms with E-state index in [0.717, 1.165) is 0 Å². The lowest BCUT2D eigenvalue weighted by Crippen LogP contribution is -1.99. The SMILES string of the molecule is C[C@@H](c1ccc(-n2c3ccccc3c3ccccc32)cc1)c1cccc2ccccc12. The molecule has 0 spiro atoms. The number of fused-ring (bicyclic) bond motifs is 4. The number of hydrogen-bond donors (Lipinski definition) is 0. The standard InChI is InChI=1S/C30H23N/c1-21(25-14-8-10-23-9-2-3-11-26(23)25)22-17-19-24(20-18-22)31-29-15-6-4-12-27(29)28-13-5-7-16-30(28)31/h2-21H,1H3/t21-/m0/s1. The molecule has 1 aromatic heterocycles. The van der Waals surface area contributed by atoms with Crippen molar-refractivity contribution >= 4 is 32.6 Å². The molecule has 0 saturated heterocycles. The van der Waals surface area contributed by atoms with Crippen LogP contribution < -0.4 is 0 Å². The first-order valence-corrected chi connectivity index (χ1v) is 10.9. The van der Waals surface area contributed by atoms with Gasteiger partial charge in [-0.05, 0) is 46.2 Å². The van der Waals surface area contributed by atoms with Crippen LogP contribution in [0.3, 0.4) is 0 Å². The van der Waals surface area contributed by atoms with Crippen LogP contribution >= 0.6 is 0 Å². The fourth-order valence-electron chi connectivity index (χ4n) is 4.92. The fourth-order valence-corrected chi connectivity index (χ4v) is 4.92. The molecule has 6 rings (SSSR count). The predicted octanol–water partition coefficient (Wildman–Crippen LogP) is 8.09. The summed E-state index contributed by atoms with van der Waals surface area (Å²) < 4.78 is 2.37. The highest BCUT2D eigenvalue weighted by atomic mass is 15.0. The van der Waals surface area contributed by atoms with Crippen LogP contribution in [-0.4, -0.2) is 4.57 Å². The Morgan fingerprint density at radius 1 is 0.516 bits per heavy atom. The second kappa shape index (κ2) is 7.14. The number of aromatic nitrogens is 1. The van der Waals surface area contributed by atoms with Crippen LogP contribution in [-0.2, 0) is 0 Å². The second-order valence-corrected chi connectivity index (χ2v) is 8.25. The Bertz CT molecular complexity index is 1480. The first-order valence-electron chi connectivity index (χ1n) is 10.9. The van der Waals surface area contributed by atoms with E-state index in [1.807, 2.05) is 0 Å². The Morgan fingerprint density at radius 3 is 1.74 bits per heavy atom. The highest BCUT2D eigenvalue weighted by Crippen LogP contribution is 2.34.